The van der Waals surface area contributed by atoms with Gasteiger partial charge in [-0.1, -0.05) is 30.0 Å². The van der Waals surface area contributed by atoms with Gasteiger partial charge in [-0.25, -0.2) is 14.6 Å². The fourth-order valence-electron chi connectivity index (χ4n) is 1.60. The molecular weight excluding hydrogens is 260 g/mol. The molecule has 0 radical (unpaired) electrons. The lowest BCUT2D eigenvalue weighted by molar-refractivity contribution is 0.729. The molecule has 0 fully saturated rings. The first-order valence-electron chi connectivity index (χ1n) is 5.76. The molecule has 0 N–H and O–H groups in total. The van der Waals surface area contributed by atoms with Crippen LogP contribution in [0.15, 0.2) is 48.1 Å². The predicted octanol–water partition coefficient (Wildman–Crippen LogP) is 1.69. The number of para-hydroxylation sites is 1. The van der Waals surface area contributed by atoms with E-state index < -0.39 is 0 Å². The van der Waals surface area contributed by atoms with Crippen LogP contribution in [0.1, 0.15) is 5.82 Å². The lowest BCUT2D eigenvalue weighted by Gasteiger charge is -1.98. The molecule has 0 atom stereocenters. The Morgan fingerprint density at radius 3 is 2.74 bits per heavy atom. The molecule has 0 spiro atoms. The second-order valence-electron chi connectivity index (χ2n) is 3.90. The van der Waals surface area contributed by atoms with Crippen LogP contribution in [0.25, 0.3) is 5.69 Å². The van der Waals surface area contributed by atoms with E-state index in [2.05, 4.69) is 20.2 Å². The molecule has 19 heavy (non-hydrogen) atoms. The van der Waals surface area contributed by atoms with Crippen LogP contribution in [-0.2, 0) is 12.8 Å². The van der Waals surface area contributed by atoms with Crippen molar-refractivity contribution in [2.75, 3.05) is 0 Å². The zero-order valence-electron chi connectivity index (χ0n) is 10.3. The zero-order valence-corrected chi connectivity index (χ0v) is 11.2. The molecule has 0 aliphatic rings. The normalized spacial score (nSPS) is 10.8. The third-order valence-electron chi connectivity index (χ3n) is 2.63. The van der Waals surface area contributed by atoms with Gasteiger partial charge in [0.25, 0.3) is 0 Å². The van der Waals surface area contributed by atoms with E-state index in [4.69, 9.17) is 0 Å². The Morgan fingerprint density at radius 2 is 2.00 bits per heavy atom. The Bertz CT molecular complexity index is 660. The molecule has 0 amide bonds. The number of benzene rings is 1. The number of hydrogen-bond donors (Lipinski definition) is 0. The summed E-state index contributed by atoms with van der Waals surface area (Å²) in [6.45, 7) is 0. The van der Waals surface area contributed by atoms with E-state index in [-0.39, 0.29) is 0 Å². The minimum atomic E-state index is 0.704. The first-order valence-corrected chi connectivity index (χ1v) is 6.74. The highest BCUT2D eigenvalue weighted by atomic mass is 32.2. The van der Waals surface area contributed by atoms with Crippen LogP contribution in [-0.4, -0.2) is 29.5 Å². The van der Waals surface area contributed by atoms with E-state index in [0.717, 1.165) is 16.7 Å². The summed E-state index contributed by atoms with van der Waals surface area (Å²) < 4.78 is 3.51. The molecule has 2 aromatic heterocycles. The van der Waals surface area contributed by atoms with Crippen LogP contribution < -0.4 is 0 Å². The van der Waals surface area contributed by atoms with E-state index in [1.54, 1.807) is 33.8 Å². The number of nitrogens with zero attached hydrogens (tertiary/aromatic N) is 6. The summed E-state index contributed by atoms with van der Waals surface area (Å²) in [6.07, 6.45) is 3.26. The molecule has 96 valence electrons. The van der Waals surface area contributed by atoms with Crippen LogP contribution in [0, 0.1) is 0 Å². The smallest absolute Gasteiger partial charge is 0.209 e. The van der Waals surface area contributed by atoms with Crippen molar-refractivity contribution in [3.8, 4) is 5.69 Å². The summed E-state index contributed by atoms with van der Waals surface area (Å²) in [4.78, 5) is 8.44. The highest BCUT2D eigenvalue weighted by Crippen LogP contribution is 2.17. The quantitative estimate of drug-likeness (QED) is 0.676. The van der Waals surface area contributed by atoms with Crippen molar-refractivity contribution in [2.24, 2.45) is 7.05 Å². The van der Waals surface area contributed by atoms with Gasteiger partial charge in [-0.3, -0.25) is 4.68 Å². The Labute approximate surface area is 114 Å². The van der Waals surface area contributed by atoms with Gasteiger partial charge < -0.3 is 0 Å². The Kier molecular flexibility index (Phi) is 3.28. The van der Waals surface area contributed by atoms with Crippen molar-refractivity contribution in [1.29, 1.82) is 0 Å². The lowest BCUT2D eigenvalue weighted by atomic mass is 10.3. The molecule has 7 heteroatoms. The standard InChI is InChI=1S/C12H12N6S/c1-17-11(13-8-15-17)7-19-12-14-9-18(16-12)10-5-3-2-4-6-10/h2-6,8-9H,7H2,1H3. The Hall–Kier alpha value is -2.15. The van der Waals surface area contributed by atoms with E-state index >= 15 is 0 Å². The van der Waals surface area contributed by atoms with Crippen molar-refractivity contribution in [3.63, 3.8) is 0 Å². The summed E-state index contributed by atoms with van der Waals surface area (Å²) in [7, 11) is 1.87. The SMILES string of the molecule is Cn1ncnc1CSc1ncn(-c2ccccc2)n1. The molecule has 2 heterocycles. The maximum absolute atomic E-state index is 4.42. The molecule has 0 bridgehead atoms. The molecule has 0 aliphatic heterocycles. The highest BCUT2D eigenvalue weighted by Gasteiger charge is 2.06. The summed E-state index contributed by atoms with van der Waals surface area (Å²) >= 11 is 1.54. The van der Waals surface area contributed by atoms with Gasteiger partial charge in [-0.05, 0) is 12.1 Å². The number of aryl methyl sites for hydroxylation is 1. The summed E-state index contributed by atoms with van der Waals surface area (Å²) in [5.74, 6) is 1.61. The van der Waals surface area contributed by atoms with Gasteiger partial charge in [0, 0.05) is 7.05 Å². The summed E-state index contributed by atoms with van der Waals surface area (Å²) in [5.41, 5.74) is 1.00. The van der Waals surface area contributed by atoms with Crippen molar-refractivity contribution in [1.82, 2.24) is 29.5 Å². The molecule has 0 saturated heterocycles. The molecule has 3 rings (SSSR count). The zero-order chi connectivity index (χ0) is 13.1. The molecular formula is C12H12N6S. The number of hydrogen-bond acceptors (Lipinski definition) is 5. The van der Waals surface area contributed by atoms with Gasteiger partial charge in [-0.2, -0.15) is 5.10 Å². The van der Waals surface area contributed by atoms with E-state index in [1.807, 2.05) is 37.4 Å². The van der Waals surface area contributed by atoms with Crippen LogP contribution in [0.3, 0.4) is 0 Å². The molecule has 3 aromatic rings. The number of rotatable bonds is 4. The average molecular weight is 272 g/mol. The second-order valence-corrected chi connectivity index (χ2v) is 4.84. The summed E-state index contributed by atoms with van der Waals surface area (Å²) in [6, 6.07) is 9.91. The minimum Gasteiger partial charge on any atom is -0.252 e. The minimum absolute atomic E-state index is 0.704. The van der Waals surface area contributed by atoms with E-state index in [0.29, 0.717) is 5.75 Å². The third kappa shape index (κ3) is 2.65. The van der Waals surface area contributed by atoms with Crippen LogP contribution in [0.5, 0.6) is 0 Å². The summed E-state index contributed by atoms with van der Waals surface area (Å²) in [5, 5.41) is 9.18. The number of thioether (sulfide) groups is 1. The van der Waals surface area contributed by atoms with Crippen molar-refractivity contribution >= 4 is 11.8 Å². The van der Waals surface area contributed by atoms with Gasteiger partial charge in [0.15, 0.2) is 0 Å². The van der Waals surface area contributed by atoms with Gasteiger partial charge in [0.05, 0.1) is 11.4 Å². The molecule has 0 unspecified atom stereocenters. The molecule has 6 nitrogen and oxygen atoms in total. The van der Waals surface area contributed by atoms with Crippen LogP contribution in [0.2, 0.25) is 0 Å². The molecule has 0 saturated carbocycles. The van der Waals surface area contributed by atoms with Crippen LogP contribution >= 0.6 is 11.8 Å². The Balaban J connectivity index is 1.70. The lowest BCUT2D eigenvalue weighted by Crippen LogP contribution is -1.98. The van der Waals surface area contributed by atoms with Gasteiger partial charge in [-0.15, -0.1) is 5.10 Å². The van der Waals surface area contributed by atoms with Gasteiger partial charge >= 0.3 is 0 Å². The fraction of sp³-hybridized carbons (Fsp3) is 0.167. The first-order chi connectivity index (χ1) is 9.33. The maximum Gasteiger partial charge on any atom is 0.209 e. The van der Waals surface area contributed by atoms with Gasteiger partial charge in [0.2, 0.25) is 5.16 Å². The van der Waals surface area contributed by atoms with Gasteiger partial charge in [0.1, 0.15) is 18.5 Å². The highest BCUT2D eigenvalue weighted by molar-refractivity contribution is 7.98. The largest absolute Gasteiger partial charge is 0.252 e. The van der Waals surface area contributed by atoms with E-state index in [9.17, 15) is 0 Å². The maximum atomic E-state index is 4.42. The molecule has 1 aromatic carbocycles. The Morgan fingerprint density at radius 1 is 1.16 bits per heavy atom. The molecule has 0 aliphatic carbocycles. The van der Waals surface area contributed by atoms with Crippen molar-refractivity contribution in [2.45, 2.75) is 10.9 Å². The second kappa shape index (κ2) is 5.23. The monoisotopic (exact) mass is 272 g/mol. The predicted molar refractivity (Wildman–Crippen MR) is 71.9 cm³/mol. The third-order valence-corrected chi connectivity index (χ3v) is 3.47. The first kappa shape index (κ1) is 11.9. The number of aromatic nitrogens is 6. The van der Waals surface area contributed by atoms with Crippen LogP contribution in [0.4, 0.5) is 0 Å². The fourth-order valence-corrected chi connectivity index (χ4v) is 2.39. The topological polar surface area (TPSA) is 61.4 Å². The average Bonchev–Trinajstić information content (AvgIpc) is 3.06. The van der Waals surface area contributed by atoms with Crippen molar-refractivity contribution in [3.05, 3.63) is 48.8 Å². The van der Waals surface area contributed by atoms with Crippen molar-refractivity contribution < 1.29 is 0 Å². The van der Waals surface area contributed by atoms with E-state index in [1.165, 1.54) is 0 Å².